The van der Waals surface area contributed by atoms with Crippen LogP contribution >= 0.6 is 11.3 Å². The normalized spacial score (nSPS) is 15.0. The molecule has 0 bridgehead atoms. The van der Waals surface area contributed by atoms with Crippen LogP contribution in [0.25, 0.3) is 20.9 Å². The summed E-state index contributed by atoms with van der Waals surface area (Å²) >= 11 is 1.62. The molecule has 0 atom stereocenters. The van der Waals surface area contributed by atoms with Crippen LogP contribution in [0.4, 0.5) is 0 Å². The van der Waals surface area contributed by atoms with Crippen molar-refractivity contribution in [1.29, 1.82) is 0 Å². The average Bonchev–Trinajstić information content (AvgIpc) is 3.41. The molecule has 0 saturated heterocycles. The third-order valence-electron chi connectivity index (χ3n) is 5.47. The van der Waals surface area contributed by atoms with E-state index in [9.17, 15) is 4.79 Å². The molecular formula is C23H18N2OS. The largest absolute Gasteiger partial charge is 0.298 e. The maximum absolute atomic E-state index is 11.0. The number of aromatic nitrogens is 2. The number of benzene rings is 2. The van der Waals surface area contributed by atoms with Gasteiger partial charge in [0.1, 0.15) is 21.6 Å². The molecule has 0 unspecified atom stereocenters. The van der Waals surface area contributed by atoms with Crippen LogP contribution < -0.4 is 0 Å². The van der Waals surface area contributed by atoms with Crippen LogP contribution in [0.3, 0.4) is 0 Å². The lowest BCUT2D eigenvalue weighted by Gasteiger charge is -2.14. The Balaban J connectivity index is 1.56. The Morgan fingerprint density at radius 3 is 2.52 bits per heavy atom. The lowest BCUT2D eigenvalue weighted by Crippen LogP contribution is -2.10. The standard InChI is InChI=1S/C23H18N2OS/c1-15-13-16(7-8-17(15)14-26)21-24-19-9-10-20(25-22(19)27-21)23(11-12-23)18-5-3-2-4-6-18/h2-10,13-14H,11-12H2,1H3. The summed E-state index contributed by atoms with van der Waals surface area (Å²) in [6.45, 7) is 1.95. The number of hydrogen-bond donors (Lipinski definition) is 0. The molecule has 132 valence electrons. The van der Waals surface area contributed by atoms with E-state index in [1.54, 1.807) is 11.3 Å². The van der Waals surface area contributed by atoms with Gasteiger partial charge < -0.3 is 0 Å². The molecule has 0 amide bonds. The number of thiazole rings is 1. The summed E-state index contributed by atoms with van der Waals surface area (Å²) < 4.78 is 0. The summed E-state index contributed by atoms with van der Waals surface area (Å²) in [5.74, 6) is 0. The number of pyridine rings is 1. The van der Waals surface area contributed by atoms with E-state index in [0.29, 0.717) is 0 Å². The van der Waals surface area contributed by atoms with Crippen LogP contribution in [0.15, 0.2) is 60.7 Å². The minimum Gasteiger partial charge on any atom is -0.298 e. The van der Waals surface area contributed by atoms with E-state index in [4.69, 9.17) is 9.97 Å². The van der Waals surface area contributed by atoms with Crippen molar-refractivity contribution in [3.8, 4) is 10.6 Å². The van der Waals surface area contributed by atoms with E-state index < -0.39 is 0 Å². The SMILES string of the molecule is Cc1cc(-c2nc3ccc(C4(c5ccccc5)CC4)nc3s2)ccc1C=O. The fourth-order valence-electron chi connectivity index (χ4n) is 3.72. The second-order valence-corrected chi connectivity index (χ2v) is 8.15. The molecule has 0 radical (unpaired) electrons. The maximum Gasteiger partial charge on any atom is 0.150 e. The molecular weight excluding hydrogens is 352 g/mol. The summed E-state index contributed by atoms with van der Waals surface area (Å²) in [4.78, 5) is 21.8. The van der Waals surface area contributed by atoms with Crippen molar-refractivity contribution in [1.82, 2.24) is 9.97 Å². The first-order valence-electron chi connectivity index (χ1n) is 9.09. The Morgan fingerprint density at radius 1 is 1.00 bits per heavy atom. The molecule has 4 heteroatoms. The zero-order valence-corrected chi connectivity index (χ0v) is 15.8. The van der Waals surface area contributed by atoms with Gasteiger partial charge in [-0.1, -0.05) is 53.8 Å². The van der Waals surface area contributed by atoms with Gasteiger partial charge in [0, 0.05) is 16.5 Å². The van der Waals surface area contributed by atoms with Crippen molar-refractivity contribution in [2.45, 2.75) is 25.2 Å². The zero-order chi connectivity index (χ0) is 18.4. The molecule has 2 aromatic carbocycles. The monoisotopic (exact) mass is 370 g/mol. The molecule has 1 aliphatic rings. The van der Waals surface area contributed by atoms with Crippen molar-refractivity contribution in [2.24, 2.45) is 0 Å². The Morgan fingerprint density at radius 2 is 1.81 bits per heavy atom. The molecule has 1 aliphatic carbocycles. The van der Waals surface area contributed by atoms with Gasteiger partial charge in [-0.05, 0) is 49.1 Å². The minimum absolute atomic E-state index is 0.0712. The molecule has 0 N–H and O–H groups in total. The highest BCUT2D eigenvalue weighted by molar-refractivity contribution is 7.21. The van der Waals surface area contributed by atoms with Gasteiger partial charge in [-0.2, -0.15) is 0 Å². The second-order valence-electron chi connectivity index (χ2n) is 7.18. The highest BCUT2D eigenvalue weighted by Gasteiger charge is 2.47. The third-order valence-corrected chi connectivity index (χ3v) is 6.48. The zero-order valence-electron chi connectivity index (χ0n) is 15.0. The second kappa shape index (κ2) is 6.10. The molecule has 1 fully saturated rings. The quantitative estimate of drug-likeness (QED) is 0.442. The first-order valence-corrected chi connectivity index (χ1v) is 9.91. The Hall–Kier alpha value is -2.85. The van der Waals surface area contributed by atoms with Gasteiger partial charge in [-0.25, -0.2) is 9.97 Å². The molecule has 4 aromatic rings. The van der Waals surface area contributed by atoms with Crippen molar-refractivity contribution in [3.63, 3.8) is 0 Å². The number of hydrogen-bond acceptors (Lipinski definition) is 4. The Labute approximate surface area is 161 Å². The van der Waals surface area contributed by atoms with Gasteiger partial charge >= 0.3 is 0 Å². The highest BCUT2D eigenvalue weighted by atomic mass is 32.1. The number of rotatable bonds is 4. The van der Waals surface area contributed by atoms with E-state index in [2.05, 4.69) is 42.5 Å². The predicted molar refractivity (Wildman–Crippen MR) is 109 cm³/mol. The molecule has 3 nitrogen and oxygen atoms in total. The minimum atomic E-state index is 0.0712. The van der Waals surface area contributed by atoms with Crippen LogP contribution in [0, 0.1) is 6.92 Å². The average molecular weight is 370 g/mol. The Bertz CT molecular complexity index is 1160. The van der Waals surface area contributed by atoms with Crippen LogP contribution in [0.2, 0.25) is 0 Å². The number of fused-ring (bicyclic) bond motifs is 1. The van der Waals surface area contributed by atoms with E-state index >= 15 is 0 Å². The number of aryl methyl sites for hydroxylation is 1. The van der Waals surface area contributed by atoms with Gasteiger partial charge in [-0.3, -0.25) is 4.79 Å². The van der Waals surface area contributed by atoms with Crippen molar-refractivity contribution in [3.05, 3.63) is 83.0 Å². The topological polar surface area (TPSA) is 42.9 Å². The van der Waals surface area contributed by atoms with Crippen molar-refractivity contribution in [2.75, 3.05) is 0 Å². The summed E-state index contributed by atoms with van der Waals surface area (Å²) in [5, 5.41) is 0.944. The first-order chi connectivity index (χ1) is 13.2. The van der Waals surface area contributed by atoms with E-state index in [-0.39, 0.29) is 5.41 Å². The number of aldehydes is 1. The molecule has 5 rings (SSSR count). The molecule has 0 spiro atoms. The smallest absolute Gasteiger partial charge is 0.150 e. The van der Waals surface area contributed by atoms with Crippen molar-refractivity contribution < 1.29 is 4.79 Å². The van der Waals surface area contributed by atoms with Gasteiger partial charge in [0.2, 0.25) is 0 Å². The summed E-state index contributed by atoms with van der Waals surface area (Å²) in [6, 6.07) is 20.7. The molecule has 2 aromatic heterocycles. The van der Waals surface area contributed by atoms with Gasteiger partial charge in [0.25, 0.3) is 0 Å². The van der Waals surface area contributed by atoms with Crippen LogP contribution in [-0.4, -0.2) is 16.3 Å². The lowest BCUT2D eigenvalue weighted by atomic mass is 9.92. The fourth-order valence-corrected chi connectivity index (χ4v) is 4.66. The fraction of sp³-hybridized carbons (Fsp3) is 0.174. The van der Waals surface area contributed by atoms with Crippen molar-refractivity contribution >= 4 is 28.0 Å². The van der Waals surface area contributed by atoms with E-state index in [1.165, 1.54) is 5.56 Å². The summed E-state index contributed by atoms with van der Waals surface area (Å²) in [7, 11) is 0. The maximum atomic E-state index is 11.0. The summed E-state index contributed by atoms with van der Waals surface area (Å²) in [6.07, 6.45) is 3.19. The van der Waals surface area contributed by atoms with E-state index in [0.717, 1.165) is 56.9 Å². The summed E-state index contributed by atoms with van der Waals surface area (Å²) in [5.41, 5.74) is 6.22. The highest BCUT2D eigenvalue weighted by Crippen LogP contribution is 2.53. The van der Waals surface area contributed by atoms with Crippen LogP contribution in [0.1, 0.15) is 40.0 Å². The number of nitrogens with zero attached hydrogens (tertiary/aromatic N) is 2. The third kappa shape index (κ3) is 2.68. The van der Waals surface area contributed by atoms with E-state index in [1.807, 2.05) is 25.1 Å². The van der Waals surface area contributed by atoms with Crippen LogP contribution in [0.5, 0.6) is 0 Å². The molecule has 1 saturated carbocycles. The molecule has 0 aliphatic heterocycles. The number of carbonyl (C=O) groups excluding carboxylic acids is 1. The first kappa shape index (κ1) is 16.3. The van der Waals surface area contributed by atoms with Gasteiger partial charge in [-0.15, -0.1) is 0 Å². The van der Waals surface area contributed by atoms with Gasteiger partial charge in [0.15, 0.2) is 0 Å². The predicted octanol–water partition coefficient (Wildman–Crippen LogP) is 5.56. The Kier molecular flexibility index (Phi) is 3.69. The van der Waals surface area contributed by atoms with Crippen LogP contribution in [-0.2, 0) is 5.41 Å². The van der Waals surface area contributed by atoms with Gasteiger partial charge in [0.05, 0.1) is 5.69 Å². The lowest BCUT2D eigenvalue weighted by molar-refractivity contribution is 0.112. The molecule has 27 heavy (non-hydrogen) atoms. The number of carbonyl (C=O) groups is 1. The molecule has 2 heterocycles.